The Kier molecular flexibility index (Phi) is 15.6. The van der Waals surface area contributed by atoms with Crippen molar-refractivity contribution >= 4 is 48.0 Å². The number of rotatable bonds is 6. The zero-order chi connectivity index (χ0) is 21.7. The number of benzene rings is 2. The van der Waals surface area contributed by atoms with E-state index in [4.69, 9.17) is 0 Å². The third-order valence-corrected chi connectivity index (χ3v) is 9.88. The van der Waals surface area contributed by atoms with Crippen molar-refractivity contribution in [3.63, 3.8) is 0 Å². The van der Waals surface area contributed by atoms with Crippen LogP contribution < -0.4 is 35.4 Å². The fourth-order valence-electron chi connectivity index (χ4n) is 3.88. The van der Waals surface area contributed by atoms with E-state index in [1.807, 2.05) is 0 Å². The Bertz CT molecular complexity index is 990. The van der Waals surface area contributed by atoms with Crippen LogP contribution in [0.25, 0.3) is 21.5 Å². The summed E-state index contributed by atoms with van der Waals surface area (Å²) in [5.41, 5.74) is 0. The summed E-state index contributed by atoms with van der Waals surface area (Å²) in [7, 11) is 0.0761. The molecule has 0 fully saturated rings. The molecule has 0 aliphatic heterocycles. The quantitative estimate of drug-likeness (QED) is 0.195. The normalized spacial score (nSPS) is 10.7. The second-order valence-corrected chi connectivity index (χ2v) is 13.9. The average molecular weight is 553 g/mol. The average Bonchev–Trinajstić information content (AvgIpc) is 3.31. The first-order valence-electron chi connectivity index (χ1n) is 11.1. The molecule has 4 aromatic rings. The topological polar surface area (TPSA) is 0 Å². The summed E-state index contributed by atoms with van der Waals surface area (Å²) in [6.45, 7) is 14.0. The van der Waals surface area contributed by atoms with Gasteiger partial charge >= 0.3 is 21.7 Å². The van der Waals surface area contributed by atoms with E-state index in [9.17, 15) is 0 Å². The molecule has 4 aromatic carbocycles. The number of halogens is 2. The van der Waals surface area contributed by atoms with E-state index in [1.165, 1.54) is 39.2 Å². The van der Waals surface area contributed by atoms with Crippen LogP contribution in [0.3, 0.4) is 0 Å². The van der Waals surface area contributed by atoms with Gasteiger partial charge in [-0.05, 0) is 37.5 Å². The van der Waals surface area contributed by atoms with Gasteiger partial charge in [0.05, 0.1) is 0 Å². The van der Waals surface area contributed by atoms with Gasteiger partial charge in [-0.1, -0.05) is 47.7 Å². The summed E-state index contributed by atoms with van der Waals surface area (Å²) in [5, 5.41) is 8.69. The molecule has 0 bridgehead atoms. The summed E-state index contributed by atoms with van der Waals surface area (Å²) in [4.78, 5) is 0. The molecule has 0 saturated carbocycles. The molecule has 0 nitrogen and oxygen atoms in total. The van der Waals surface area contributed by atoms with Gasteiger partial charge in [0.15, 0.2) is 0 Å². The first-order valence-corrected chi connectivity index (χ1v) is 15.0. The van der Waals surface area contributed by atoms with Crippen molar-refractivity contribution in [1.29, 1.82) is 0 Å². The SMILES string of the molecule is CC(C)CP(CC(C)C)c1cc2ccccc2[cH-]1.CP(C)c1cc2ccccc2[cH-]1.[Cl-].[Cl-].[Ti+4]. The Morgan fingerprint density at radius 3 is 1.45 bits per heavy atom. The van der Waals surface area contributed by atoms with Gasteiger partial charge in [-0.2, -0.15) is 12.1 Å². The van der Waals surface area contributed by atoms with Gasteiger partial charge in [0.25, 0.3) is 0 Å². The third-order valence-electron chi connectivity index (χ3n) is 5.26. The van der Waals surface area contributed by atoms with E-state index in [-0.39, 0.29) is 62.4 Å². The largest absolute Gasteiger partial charge is 4.00 e. The molecule has 0 saturated heterocycles. The fraction of sp³-hybridized carbons (Fsp3) is 0.357. The van der Waals surface area contributed by atoms with Crippen molar-refractivity contribution in [2.45, 2.75) is 27.7 Å². The monoisotopic (exact) mass is 552 g/mol. The first-order chi connectivity index (χ1) is 14.3. The van der Waals surface area contributed by atoms with Crippen molar-refractivity contribution in [1.82, 2.24) is 0 Å². The molecule has 0 heterocycles. The van der Waals surface area contributed by atoms with Crippen LogP contribution in [0.15, 0.2) is 72.8 Å². The predicted molar refractivity (Wildman–Crippen MR) is 143 cm³/mol. The maximum atomic E-state index is 2.42. The zero-order valence-electron chi connectivity index (χ0n) is 20.6. The van der Waals surface area contributed by atoms with Crippen LogP contribution in [0.2, 0.25) is 0 Å². The predicted octanol–water partition coefficient (Wildman–Crippen LogP) is 1.91. The minimum Gasteiger partial charge on any atom is -1.00 e. The van der Waals surface area contributed by atoms with Crippen LogP contribution in [0.1, 0.15) is 27.7 Å². The molecular formula is C28H36Cl2P2Ti. The minimum absolute atomic E-state index is 0. The van der Waals surface area contributed by atoms with Gasteiger partial charge < -0.3 is 24.8 Å². The van der Waals surface area contributed by atoms with Gasteiger partial charge in [-0.25, -0.2) is 0 Å². The molecule has 0 radical (unpaired) electrons. The van der Waals surface area contributed by atoms with Crippen LogP contribution >= 0.6 is 15.8 Å². The minimum atomic E-state index is 0. The molecule has 0 spiro atoms. The smallest absolute Gasteiger partial charge is 1.00 e. The van der Waals surface area contributed by atoms with Gasteiger partial charge in [0.2, 0.25) is 0 Å². The molecule has 0 aliphatic carbocycles. The molecule has 0 N–H and O–H groups in total. The molecule has 5 heteroatoms. The maximum Gasteiger partial charge on any atom is 4.00 e. The molecule has 0 aliphatic rings. The van der Waals surface area contributed by atoms with Crippen molar-refractivity contribution in [2.24, 2.45) is 11.8 Å². The molecule has 0 atom stereocenters. The molecule has 4 rings (SSSR count). The van der Waals surface area contributed by atoms with Crippen molar-refractivity contribution in [3.8, 4) is 0 Å². The van der Waals surface area contributed by atoms with Crippen LogP contribution in [-0.4, -0.2) is 25.7 Å². The van der Waals surface area contributed by atoms with Gasteiger partial charge in [0, 0.05) is 0 Å². The number of hydrogen-bond acceptors (Lipinski definition) is 0. The Morgan fingerprint density at radius 2 is 1.06 bits per heavy atom. The van der Waals surface area contributed by atoms with Crippen LogP contribution in [0, 0.1) is 11.8 Å². The third kappa shape index (κ3) is 9.77. The summed E-state index contributed by atoms with van der Waals surface area (Å²) in [5.74, 6) is 1.60. The van der Waals surface area contributed by atoms with Crippen LogP contribution in [-0.2, 0) is 21.7 Å². The molecular weight excluding hydrogens is 517 g/mol. The maximum absolute atomic E-state index is 2.42. The van der Waals surface area contributed by atoms with Crippen molar-refractivity contribution in [3.05, 3.63) is 72.8 Å². The number of hydrogen-bond donors (Lipinski definition) is 0. The zero-order valence-corrected chi connectivity index (χ0v) is 25.5. The van der Waals surface area contributed by atoms with Gasteiger partial charge in [-0.15, -0.1) is 88.6 Å². The van der Waals surface area contributed by atoms with E-state index in [2.05, 4.69) is 114 Å². The fourth-order valence-corrected chi connectivity index (χ4v) is 7.65. The van der Waals surface area contributed by atoms with Crippen molar-refractivity contribution < 1.29 is 46.5 Å². The Morgan fingerprint density at radius 1 is 0.667 bits per heavy atom. The van der Waals surface area contributed by atoms with E-state index >= 15 is 0 Å². The molecule has 176 valence electrons. The van der Waals surface area contributed by atoms with E-state index in [0.29, 0.717) is 0 Å². The van der Waals surface area contributed by atoms with Crippen molar-refractivity contribution in [2.75, 3.05) is 25.7 Å². The standard InChI is InChI=1S/C17H24P.C11H12P.2ClH.Ti/c1-13(2)11-18(12-14(3)4)17-9-15-7-5-6-8-16(15)10-17;1-12(2)11-7-9-5-3-4-6-10(9)8-11;;;/h5-10,13-14H,11-12H2,1-4H3;3-8H,1-2H3;2*1H;/q2*-1;;;+4/p-2. The summed E-state index contributed by atoms with van der Waals surface area (Å²) >= 11 is 0. The molecule has 0 amide bonds. The summed E-state index contributed by atoms with van der Waals surface area (Å²) < 4.78 is 0. The number of fused-ring (bicyclic) bond motifs is 2. The Balaban J connectivity index is 0.000000603. The molecule has 0 unspecified atom stereocenters. The molecule has 33 heavy (non-hydrogen) atoms. The van der Waals surface area contributed by atoms with Crippen LogP contribution in [0.4, 0.5) is 0 Å². The van der Waals surface area contributed by atoms with Crippen LogP contribution in [0.5, 0.6) is 0 Å². The second kappa shape index (κ2) is 15.7. The summed E-state index contributed by atoms with van der Waals surface area (Å²) in [6, 6.07) is 26.8. The Labute approximate surface area is 231 Å². The summed E-state index contributed by atoms with van der Waals surface area (Å²) in [6.07, 6.45) is 2.73. The van der Waals surface area contributed by atoms with Gasteiger partial charge in [-0.3, -0.25) is 0 Å². The Hall–Kier alpha value is -0.186. The van der Waals surface area contributed by atoms with E-state index < -0.39 is 0 Å². The molecule has 0 aromatic heterocycles. The van der Waals surface area contributed by atoms with E-state index in [1.54, 1.807) is 5.30 Å². The van der Waals surface area contributed by atoms with E-state index in [0.717, 1.165) is 11.8 Å². The van der Waals surface area contributed by atoms with Gasteiger partial charge in [0.1, 0.15) is 0 Å². The first kappa shape index (κ1) is 32.8. The second-order valence-electron chi connectivity index (χ2n) is 9.27.